The van der Waals surface area contributed by atoms with Crippen molar-refractivity contribution in [3.63, 3.8) is 0 Å². The molecule has 0 aliphatic rings. The highest BCUT2D eigenvalue weighted by atomic mass is 16.5. The van der Waals surface area contributed by atoms with E-state index in [1.54, 1.807) is 6.08 Å². The Bertz CT molecular complexity index is 341. The van der Waals surface area contributed by atoms with Gasteiger partial charge in [0.05, 0.1) is 0 Å². The van der Waals surface area contributed by atoms with Crippen molar-refractivity contribution in [2.75, 3.05) is 6.61 Å². The first-order valence-corrected chi connectivity index (χ1v) is 5.27. The normalized spacial score (nSPS) is 9.75. The summed E-state index contributed by atoms with van der Waals surface area (Å²) in [5.74, 6) is 0.0628. The smallest absolute Gasteiger partial charge is 0.303 e. The van der Waals surface area contributed by atoms with Gasteiger partial charge in [-0.15, -0.1) is 0 Å². The van der Waals surface area contributed by atoms with Crippen LogP contribution in [0.25, 0.3) is 0 Å². The Morgan fingerprint density at radius 2 is 2.06 bits per heavy atom. The summed E-state index contributed by atoms with van der Waals surface area (Å²) in [5, 5.41) is 8.50. The first kappa shape index (κ1) is 12.3. The molecule has 0 unspecified atom stereocenters. The minimum Gasteiger partial charge on any atom is -0.490 e. The second-order valence-electron chi connectivity index (χ2n) is 3.49. The number of aliphatic carboxylic acids is 1. The summed E-state index contributed by atoms with van der Waals surface area (Å²) in [6, 6.07) is 7.69. The SMILES string of the molecule is C=CCOc1ccc(CCCC(=O)O)cc1. The van der Waals surface area contributed by atoms with Gasteiger partial charge in [-0.1, -0.05) is 24.8 Å². The molecule has 16 heavy (non-hydrogen) atoms. The molecule has 0 atom stereocenters. The van der Waals surface area contributed by atoms with Crippen molar-refractivity contribution in [3.8, 4) is 5.75 Å². The maximum atomic E-state index is 10.3. The quantitative estimate of drug-likeness (QED) is 0.718. The van der Waals surface area contributed by atoms with Crippen LogP contribution in [0.1, 0.15) is 18.4 Å². The van der Waals surface area contributed by atoms with Crippen molar-refractivity contribution in [1.82, 2.24) is 0 Å². The van der Waals surface area contributed by atoms with Crippen LogP contribution in [0.4, 0.5) is 0 Å². The van der Waals surface area contributed by atoms with E-state index in [1.165, 1.54) is 0 Å². The number of carboxylic acid groups (broad SMARTS) is 1. The first-order valence-electron chi connectivity index (χ1n) is 5.27. The molecule has 3 nitrogen and oxygen atoms in total. The third-order valence-corrected chi connectivity index (χ3v) is 2.15. The van der Waals surface area contributed by atoms with E-state index in [2.05, 4.69) is 6.58 Å². The second-order valence-corrected chi connectivity index (χ2v) is 3.49. The molecule has 1 aromatic rings. The summed E-state index contributed by atoms with van der Waals surface area (Å²) < 4.78 is 5.34. The number of carbonyl (C=O) groups is 1. The monoisotopic (exact) mass is 220 g/mol. The summed E-state index contributed by atoms with van der Waals surface area (Å²) in [7, 11) is 0. The van der Waals surface area contributed by atoms with E-state index >= 15 is 0 Å². The summed E-state index contributed by atoms with van der Waals surface area (Å²) in [5.41, 5.74) is 1.13. The van der Waals surface area contributed by atoms with Crippen LogP contribution in [0.15, 0.2) is 36.9 Å². The fraction of sp³-hybridized carbons (Fsp3) is 0.308. The Morgan fingerprint density at radius 1 is 1.38 bits per heavy atom. The molecule has 0 heterocycles. The Morgan fingerprint density at radius 3 is 2.62 bits per heavy atom. The Hall–Kier alpha value is -1.77. The standard InChI is InChI=1S/C13H16O3/c1-2-10-16-12-8-6-11(7-9-12)4-3-5-13(14)15/h2,6-9H,1,3-5,10H2,(H,14,15). The van der Waals surface area contributed by atoms with Crippen molar-refractivity contribution in [2.24, 2.45) is 0 Å². The lowest BCUT2D eigenvalue weighted by Crippen LogP contribution is -1.96. The van der Waals surface area contributed by atoms with E-state index in [1.807, 2.05) is 24.3 Å². The van der Waals surface area contributed by atoms with Gasteiger partial charge in [0.15, 0.2) is 0 Å². The van der Waals surface area contributed by atoms with Crippen molar-refractivity contribution in [2.45, 2.75) is 19.3 Å². The Balaban J connectivity index is 2.38. The molecule has 1 rings (SSSR count). The zero-order valence-electron chi connectivity index (χ0n) is 9.19. The van der Waals surface area contributed by atoms with Crippen LogP contribution >= 0.6 is 0 Å². The van der Waals surface area contributed by atoms with Gasteiger partial charge in [0.1, 0.15) is 12.4 Å². The molecule has 0 radical (unpaired) electrons. The molecular weight excluding hydrogens is 204 g/mol. The summed E-state index contributed by atoms with van der Waals surface area (Å²) >= 11 is 0. The Labute approximate surface area is 95.4 Å². The van der Waals surface area contributed by atoms with E-state index in [0.29, 0.717) is 13.0 Å². The van der Waals surface area contributed by atoms with Gasteiger partial charge in [-0.2, -0.15) is 0 Å². The number of carboxylic acids is 1. The maximum Gasteiger partial charge on any atom is 0.303 e. The van der Waals surface area contributed by atoms with E-state index in [9.17, 15) is 4.79 Å². The summed E-state index contributed by atoms with van der Waals surface area (Å²) in [4.78, 5) is 10.3. The van der Waals surface area contributed by atoms with E-state index in [4.69, 9.17) is 9.84 Å². The zero-order chi connectivity index (χ0) is 11.8. The predicted molar refractivity (Wildman–Crippen MR) is 62.7 cm³/mol. The molecule has 0 fully saturated rings. The van der Waals surface area contributed by atoms with Crippen molar-refractivity contribution < 1.29 is 14.6 Å². The van der Waals surface area contributed by atoms with E-state index < -0.39 is 5.97 Å². The van der Waals surface area contributed by atoms with Crippen LogP contribution in [-0.4, -0.2) is 17.7 Å². The van der Waals surface area contributed by atoms with Crippen molar-refractivity contribution in [1.29, 1.82) is 0 Å². The van der Waals surface area contributed by atoms with E-state index in [-0.39, 0.29) is 6.42 Å². The molecule has 0 spiro atoms. The zero-order valence-corrected chi connectivity index (χ0v) is 9.19. The fourth-order valence-electron chi connectivity index (χ4n) is 1.35. The molecule has 0 saturated heterocycles. The number of hydrogen-bond acceptors (Lipinski definition) is 2. The van der Waals surface area contributed by atoms with Crippen LogP contribution in [0, 0.1) is 0 Å². The van der Waals surface area contributed by atoms with Crippen LogP contribution in [0.3, 0.4) is 0 Å². The maximum absolute atomic E-state index is 10.3. The molecule has 3 heteroatoms. The fourth-order valence-corrected chi connectivity index (χ4v) is 1.35. The topological polar surface area (TPSA) is 46.5 Å². The summed E-state index contributed by atoms with van der Waals surface area (Å²) in [6.45, 7) is 4.07. The van der Waals surface area contributed by atoms with Crippen LogP contribution < -0.4 is 4.74 Å². The molecule has 0 saturated carbocycles. The molecular formula is C13H16O3. The minimum atomic E-state index is -0.745. The lowest BCUT2D eigenvalue weighted by atomic mass is 10.1. The van der Waals surface area contributed by atoms with Crippen LogP contribution in [0.2, 0.25) is 0 Å². The molecule has 86 valence electrons. The van der Waals surface area contributed by atoms with Crippen LogP contribution in [0.5, 0.6) is 5.75 Å². The van der Waals surface area contributed by atoms with Gasteiger partial charge >= 0.3 is 5.97 Å². The highest BCUT2D eigenvalue weighted by Gasteiger charge is 1.98. The minimum absolute atomic E-state index is 0.217. The molecule has 0 bridgehead atoms. The van der Waals surface area contributed by atoms with Crippen molar-refractivity contribution >= 4 is 5.97 Å². The number of benzene rings is 1. The molecule has 1 N–H and O–H groups in total. The molecule has 1 aromatic carbocycles. The molecule has 0 amide bonds. The van der Waals surface area contributed by atoms with Gasteiger partial charge in [-0.05, 0) is 30.5 Å². The number of aryl methyl sites for hydroxylation is 1. The predicted octanol–water partition coefficient (Wildman–Crippen LogP) is 2.66. The number of rotatable bonds is 7. The largest absolute Gasteiger partial charge is 0.490 e. The lowest BCUT2D eigenvalue weighted by molar-refractivity contribution is -0.137. The third-order valence-electron chi connectivity index (χ3n) is 2.15. The lowest BCUT2D eigenvalue weighted by Gasteiger charge is -2.04. The Kier molecular flexibility index (Phi) is 5.12. The summed E-state index contributed by atoms with van der Waals surface area (Å²) in [6.07, 6.45) is 3.37. The van der Waals surface area contributed by atoms with Crippen LogP contribution in [-0.2, 0) is 11.2 Å². The van der Waals surface area contributed by atoms with Gasteiger partial charge < -0.3 is 9.84 Å². The van der Waals surface area contributed by atoms with Gasteiger partial charge in [0.25, 0.3) is 0 Å². The highest BCUT2D eigenvalue weighted by Crippen LogP contribution is 2.13. The average Bonchev–Trinajstić information content (AvgIpc) is 2.27. The van der Waals surface area contributed by atoms with Crippen molar-refractivity contribution in [3.05, 3.63) is 42.5 Å². The van der Waals surface area contributed by atoms with Gasteiger partial charge in [-0.3, -0.25) is 4.79 Å². The molecule has 0 aromatic heterocycles. The molecule has 0 aliphatic heterocycles. The van der Waals surface area contributed by atoms with Gasteiger partial charge in [0.2, 0.25) is 0 Å². The first-order chi connectivity index (χ1) is 7.72. The van der Waals surface area contributed by atoms with Gasteiger partial charge in [0, 0.05) is 6.42 Å². The van der Waals surface area contributed by atoms with E-state index in [0.717, 1.165) is 17.7 Å². The highest BCUT2D eigenvalue weighted by molar-refractivity contribution is 5.66. The number of hydrogen-bond donors (Lipinski definition) is 1. The second kappa shape index (κ2) is 6.67. The van der Waals surface area contributed by atoms with Gasteiger partial charge in [-0.25, -0.2) is 0 Å². The number of ether oxygens (including phenoxy) is 1. The molecule has 0 aliphatic carbocycles. The average molecular weight is 220 g/mol. The third kappa shape index (κ3) is 4.64.